The third-order valence-electron chi connectivity index (χ3n) is 2.37. The number of esters is 1. The summed E-state index contributed by atoms with van der Waals surface area (Å²) >= 11 is 8.94. The van der Waals surface area contributed by atoms with Crippen LogP contribution in [0.5, 0.6) is 0 Å². The van der Waals surface area contributed by atoms with Gasteiger partial charge in [0.25, 0.3) is 5.91 Å². The number of methoxy groups -OCH3 is 1. The summed E-state index contributed by atoms with van der Waals surface area (Å²) in [5.41, 5.74) is 0.175. The number of carbonyl (C=O) groups is 3. The van der Waals surface area contributed by atoms with Crippen molar-refractivity contribution in [3.8, 4) is 0 Å². The molecule has 0 spiro atoms. The van der Waals surface area contributed by atoms with Crippen LogP contribution >= 0.6 is 27.5 Å². The largest absolute Gasteiger partial charge is 0.480 e. The fourth-order valence-corrected chi connectivity index (χ4v) is 1.96. The quantitative estimate of drug-likeness (QED) is 0.778. The molecule has 0 aliphatic carbocycles. The van der Waals surface area contributed by atoms with Gasteiger partial charge in [-0.05, 0) is 34.1 Å². The molecule has 0 aliphatic rings. The summed E-state index contributed by atoms with van der Waals surface area (Å²) in [5.74, 6) is -2.72. The monoisotopic (exact) mass is 363 g/mol. The summed E-state index contributed by atoms with van der Waals surface area (Å²) < 4.78 is 4.84. The highest BCUT2D eigenvalue weighted by molar-refractivity contribution is 9.10. The number of hydrogen-bond donors (Lipinski definition) is 2. The Hall–Kier alpha value is -1.60. The lowest BCUT2D eigenvalue weighted by atomic mass is 10.1. The molecule has 1 aromatic carbocycles. The normalized spacial score (nSPS) is 11.6. The lowest BCUT2D eigenvalue weighted by molar-refractivity contribution is -0.147. The summed E-state index contributed by atoms with van der Waals surface area (Å²) in [7, 11) is 1.14. The molecule has 0 fully saturated rings. The maximum absolute atomic E-state index is 12.0. The third-order valence-corrected chi connectivity index (χ3v) is 3.30. The van der Waals surface area contributed by atoms with Crippen LogP contribution in [0.2, 0.25) is 5.02 Å². The molecule has 0 unspecified atom stereocenters. The average Bonchev–Trinajstić information content (AvgIpc) is 2.40. The number of carbonyl (C=O) groups excluding carboxylic acids is 2. The molecule has 0 saturated carbocycles. The Morgan fingerprint density at radius 1 is 1.45 bits per heavy atom. The first kappa shape index (κ1) is 16.5. The number of amides is 1. The lowest BCUT2D eigenvalue weighted by Crippen LogP contribution is -2.42. The minimum atomic E-state index is -1.37. The van der Waals surface area contributed by atoms with Gasteiger partial charge in [0, 0.05) is 9.50 Å². The smallest absolute Gasteiger partial charge is 0.326 e. The number of halogens is 2. The van der Waals surface area contributed by atoms with Gasteiger partial charge in [0.05, 0.1) is 19.1 Å². The van der Waals surface area contributed by atoms with Crippen LogP contribution in [0.15, 0.2) is 22.7 Å². The number of carboxylic acids is 1. The molecule has 0 heterocycles. The summed E-state index contributed by atoms with van der Waals surface area (Å²) in [6.45, 7) is 0. The van der Waals surface area contributed by atoms with Gasteiger partial charge in [-0.3, -0.25) is 9.59 Å². The second-order valence-electron chi connectivity index (χ2n) is 3.77. The van der Waals surface area contributed by atoms with Crippen molar-refractivity contribution < 1.29 is 24.2 Å². The van der Waals surface area contributed by atoms with Crippen LogP contribution in [-0.4, -0.2) is 36.1 Å². The van der Waals surface area contributed by atoms with Crippen LogP contribution in [0.1, 0.15) is 16.8 Å². The number of hydrogen-bond acceptors (Lipinski definition) is 4. The van der Waals surface area contributed by atoms with Gasteiger partial charge in [0.2, 0.25) is 0 Å². The second-order valence-corrected chi connectivity index (χ2v) is 5.06. The van der Waals surface area contributed by atoms with Crippen molar-refractivity contribution in [1.29, 1.82) is 0 Å². The Morgan fingerprint density at radius 2 is 2.10 bits per heavy atom. The van der Waals surface area contributed by atoms with E-state index in [0.717, 1.165) is 7.11 Å². The first-order valence-corrected chi connectivity index (χ1v) is 6.57. The SMILES string of the molecule is COC(=O)C[C@H](NC(=O)c1cc(Cl)ccc1Br)C(=O)O. The van der Waals surface area contributed by atoms with E-state index in [4.69, 9.17) is 16.7 Å². The van der Waals surface area contributed by atoms with Gasteiger partial charge in [-0.15, -0.1) is 0 Å². The first-order chi connectivity index (χ1) is 9.35. The van der Waals surface area contributed by atoms with Gasteiger partial charge >= 0.3 is 11.9 Å². The van der Waals surface area contributed by atoms with Crippen LogP contribution in [0.25, 0.3) is 0 Å². The van der Waals surface area contributed by atoms with Crippen LogP contribution in [0.4, 0.5) is 0 Å². The first-order valence-electron chi connectivity index (χ1n) is 5.40. The number of rotatable bonds is 5. The minimum Gasteiger partial charge on any atom is -0.480 e. The molecular weight excluding hydrogens is 353 g/mol. The zero-order valence-corrected chi connectivity index (χ0v) is 12.7. The minimum absolute atomic E-state index is 0.175. The number of benzene rings is 1. The van der Waals surface area contributed by atoms with Gasteiger partial charge in [-0.25, -0.2) is 4.79 Å². The predicted molar refractivity (Wildman–Crippen MR) is 74.7 cm³/mol. The van der Waals surface area contributed by atoms with Gasteiger partial charge in [0.1, 0.15) is 6.04 Å². The average molecular weight is 365 g/mol. The Balaban J connectivity index is 2.88. The summed E-state index contributed by atoms with van der Waals surface area (Å²) in [5, 5.41) is 11.5. The molecule has 1 aromatic rings. The van der Waals surface area contributed by atoms with Crippen molar-refractivity contribution in [2.75, 3.05) is 7.11 Å². The maximum Gasteiger partial charge on any atom is 0.326 e. The molecule has 0 aromatic heterocycles. The molecule has 0 aliphatic heterocycles. The number of aliphatic carboxylic acids is 1. The third kappa shape index (κ3) is 4.50. The van der Waals surface area contributed by atoms with Gasteiger partial charge < -0.3 is 15.2 Å². The molecule has 1 atom stereocenters. The summed E-state index contributed by atoms with van der Waals surface area (Å²) in [6.07, 6.45) is -0.463. The van der Waals surface area contributed by atoms with E-state index in [0.29, 0.717) is 9.50 Å². The van der Waals surface area contributed by atoms with Crippen molar-refractivity contribution in [1.82, 2.24) is 5.32 Å². The Bertz CT molecular complexity index is 549. The molecule has 2 N–H and O–H groups in total. The van der Waals surface area contributed by atoms with Crippen LogP contribution in [0.3, 0.4) is 0 Å². The fourth-order valence-electron chi connectivity index (χ4n) is 1.36. The van der Waals surface area contributed by atoms with E-state index in [1.807, 2.05) is 0 Å². The van der Waals surface area contributed by atoms with Crippen molar-refractivity contribution in [2.45, 2.75) is 12.5 Å². The van der Waals surface area contributed by atoms with E-state index in [2.05, 4.69) is 26.0 Å². The Labute approximate surface area is 128 Å². The van der Waals surface area contributed by atoms with E-state index in [1.165, 1.54) is 6.07 Å². The number of nitrogens with one attached hydrogen (secondary N) is 1. The zero-order chi connectivity index (χ0) is 15.3. The zero-order valence-electron chi connectivity index (χ0n) is 10.4. The molecule has 0 radical (unpaired) electrons. The standard InChI is InChI=1S/C12H11BrClNO5/c1-20-10(16)5-9(12(18)19)15-11(17)7-4-6(14)2-3-8(7)13/h2-4,9H,5H2,1H3,(H,15,17)(H,18,19)/t9-/m0/s1. The molecule has 1 rings (SSSR count). The van der Waals surface area contributed by atoms with E-state index >= 15 is 0 Å². The molecular formula is C12H11BrClNO5. The molecule has 1 amide bonds. The molecule has 20 heavy (non-hydrogen) atoms. The van der Waals surface area contributed by atoms with Crippen molar-refractivity contribution in [3.63, 3.8) is 0 Å². The van der Waals surface area contributed by atoms with E-state index < -0.39 is 30.3 Å². The van der Waals surface area contributed by atoms with Crippen molar-refractivity contribution in [3.05, 3.63) is 33.3 Å². The Morgan fingerprint density at radius 3 is 2.65 bits per heavy atom. The molecule has 0 saturated heterocycles. The molecule has 8 heteroatoms. The fraction of sp³-hybridized carbons (Fsp3) is 0.250. The highest BCUT2D eigenvalue weighted by Crippen LogP contribution is 2.21. The van der Waals surface area contributed by atoms with Crippen LogP contribution < -0.4 is 5.32 Å². The topological polar surface area (TPSA) is 92.7 Å². The van der Waals surface area contributed by atoms with E-state index in [1.54, 1.807) is 12.1 Å². The molecule has 108 valence electrons. The number of carboxylic acid groups (broad SMARTS) is 1. The predicted octanol–water partition coefficient (Wildman–Crippen LogP) is 1.85. The number of ether oxygens (including phenoxy) is 1. The van der Waals surface area contributed by atoms with Crippen molar-refractivity contribution >= 4 is 45.4 Å². The highest BCUT2D eigenvalue weighted by atomic mass is 79.9. The van der Waals surface area contributed by atoms with Crippen molar-refractivity contribution in [2.24, 2.45) is 0 Å². The van der Waals surface area contributed by atoms with Gasteiger partial charge in [-0.1, -0.05) is 11.6 Å². The Kier molecular flexibility index (Phi) is 5.97. The van der Waals surface area contributed by atoms with E-state index in [-0.39, 0.29) is 5.56 Å². The second kappa shape index (κ2) is 7.25. The highest BCUT2D eigenvalue weighted by Gasteiger charge is 2.25. The summed E-state index contributed by atoms with van der Waals surface area (Å²) in [4.78, 5) is 34.1. The van der Waals surface area contributed by atoms with Gasteiger partial charge in [-0.2, -0.15) is 0 Å². The van der Waals surface area contributed by atoms with E-state index in [9.17, 15) is 14.4 Å². The maximum atomic E-state index is 12.0. The van der Waals surface area contributed by atoms with Gasteiger partial charge in [0.15, 0.2) is 0 Å². The van der Waals surface area contributed by atoms with Crippen LogP contribution in [-0.2, 0) is 14.3 Å². The van der Waals surface area contributed by atoms with Crippen LogP contribution in [0, 0.1) is 0 Å². The molecule has 6 nitrogen and oxygen atoms in total. The lowest BCUT2D eigenvalue weighted by Gasteiger charge is -2.14. The molecule has 0 bridgehead atoms. The summed E-state index contributed by atoms with van der Waals surface area (Å²) in [6, 6.07) is 3.15.